The van der Waals surface area contributed by atoms with Crippen LogP contribution < -0.4 is 5.32 Å². The molecule has 3 heterocycles. The highest BCUT2D eigenvalue weighted by molar-refractivity contribution is 7.80. The van der Waals surface area contributed by atoms with Crippen molar-refractivity contribution in [2.24, 2.45) is 0 Å². The summed E-state index contributed by atoms with van der Waals surface area (Å²) in [5.41, 5.74) is 1.63. The Labute approximate surface area is 191 Å². The molecule has 1 N–H and O–H groups in total. The van der Waals surface area contributed by atoms with Crippen LogP contribution >= 0.6 is 12.2 Å². The second-order valence-electron chi connectivity index (χ2n) is 8.34. The van der Waals surface area contributed by atoms with Gasteiger partial charge in [0.25, 0.3) is 5.69 Å². The van der Waals surface area contributed by atoms with Gasteiger partial charge in [0.1, 0.15) is 17.6 Å². The Morgan fingerprint density at radius 3 is 2.69 bits per heavy atom. The maximum Gasteiger partial charge on any atom is 0.270 e. The number of rotatable bonds is 5. The molecule has 0 unspecified atom stereocenters. The fourth-order valence-corrected chi connectivity index (χ4v) is 5.25. The molecule has 0 radical (unpaired) electrons. The van der Waals surface area contributed by atoms with Crippen molar-refractivity contribution in [3.63, 3.8) is 0 Å². The summed E-state index contributed by atoms with van der Waals surface area (Å²) in [5.74, 6) is 1.38. The molecule has 2 aliphatic rings. The molecule has 0 spiro atoms. The third kappa shape index (κ3) is 3.86. The van der Waals surface area contributed by atoms with Gasteiger partial charge in [-0.3, -0.25) is 15.1 Å². The first-order valence-electron chi connectivity index (χ1n) is 11.0. The highest BCUT2D eigenvalue weighted by Crippen LogP contribution is 2.43. The third-order valence-corrected chi connectivity index (χ3v) is 6.69. The lowest BCUT2D eigenvalue weighted by atomic mass is 9.92. The first-order valence-corrected chi connectivity index (χ1v) is 11.4. The zero-order chi connectivity index (χ0) is 22.1. The molecule has 164 valence electrons. The number of furan rings is 1. The molecular formula is C24H24N4O3S. The summed E-state index contributed by atoms with van der Waals surface area (Å²) in [7, 11) is 0. The molecule has 3 aromatic rings. The van der Waals surface area contributed by atoms with E-state index in [0.29, 0.717) is 17.4 Å². The van der Waals surface area contributed by atoms with Crippen molar-refractivity contribution >= 4 is 23.0 Å². The van der Waals surface area contributed by atoms with E-state index in [9.17, 15) is 10.1 Å². The predicted octanol–water partition coefficient (Wildman–Crippen LogP) is 5.56. The van der Waals surface area contributed by atoms with E-state index in [1.165, 1.54) is 31.4 Å². The Kier molecular flexibility index (Phi) is 5.61. The van der Waals surface area contributed by atoms with Crippen LogP contribution in [0.1, 0.15) is 55.6 Å². The zero-order valence-electron chi connectivity index (χ0n) is 17.5. The fourth-order valence-electron chi connectivity index (χ4n) is 4.86. The number of nitro groups is 1. The number of thiocarbonyl (C=S) groups is 1. The van der Waals surface area contributed by atoms with Gasteiger partial charge < -0.3 is 14.6 Å². The van der Waals surface area contributed by atoms with Crippen molar-refractivity contribution in [2.75, 3.05) is 0 Å². The van der Waals surface area contributed by atoms with Gasteiger partial charge in [0.2, 0.25) is 0 Å². The van der Waals surface area contributed by atoms with E-state index in [1.807, 2.05) is 36.4 Å². The van der Waals surface area contributed by atoms with E-state index >= 15 is 0 Å². The number of nitro benzene ring substituents is 1. The number of nitrogens with zero attached hydrogens (tertiary/aromatic N) is 3. The molecule has 32 heavy (non-hydrogen) atoms. The van der Waals surface area contributed by atoms with Gasteiger partial charge in [-0.15, -0.1) is 0 Å². The Bertz CT molecular complexity index is 1130. The summed E-state index contributed by atoms with van der Waals surface area (Å²) in [6.45, 7) is 0. The van der Waals surface area contributed by atoms with Crippen LogP contribution in [0.25, 0.3) is 11.3 Å². The van der Waals surface area contributed by atoms with Gasteiger partial charge in [0.15, 0.2) is 5.11 Å². The van der Waals surface area contributed by atoms with Crippen molar-refractivity contribution < 1.29 is 9.34 Å². The molecule has 0 amide bonds. The average molecular weight is 449 g/mol. The van der Waals surface area contributed by atoms with Gasteiger partial charge >= 0.3 is 0 Å². The minimum absolute atomic E-state index is 0.0411. The first-order chi connectivity index (χ1) is 15.6. The Balaban J connectivity index is 1.53. The molecule has 1 aliphatic heterocycles. The average Bonchev–Trinajstić information content (AvgIpc) is 3.45. The maximum absolute atomic E-state index is 11.2. The quantitative estimate of drug-likeness (QED) is 0.311. The van der Waals surface area contributed by atoms with Crippen LogP contribution in [0.15, 0.2) is 65.2 Å². The highest BCUT2D eigenvalue weighted by atomic mass is 32.1. The SMILES string of the molecule is O=[N+]([O-])c1cccc(-c2ccc([C@@H]3[C@@H](c4ccccn4)NC(=S)N3C3CCCCC3)o2)c1. The molecule has 1 saturated heterocycles. The van der Waals surface area contributed by atoms with E-state index in [0.717, 1.165) is 29.4 Å². The Morgan fingerprint density at radius 1 is 1.09 bits per heavy atom. The first kappa shape index (κ1) is 20.6. The van der Waals surface area contributed by atoms with Gasteiger partial charge in [-0.05, 0) is 49.3 Å². The number of nitrogens with one attached hydrogen (secondary N) is 1. The number of hydrogen-bond donors (Lipinski definition) is 1. The highest BCUT2D eigenvalue weighted by Gasteiger charge is 2.44. The van der Waals surface area contributed by atoms with Crippen LogP contribution in [0.3, 0.4) is 0 Å². The van der Waals surface area contributed by atoms with E-state index in [-0.39, 0.29) is 17.8 Å². The maximum atomic E-state index is 11.2. The molecule has 7 nitrogen and oxygen atoms in total. The molecule has 2 aromatic heterocycles. The molecule has 2 fully saturated rings. The number of benzene rings is 1. The van der Waals surface area contributed by atoms with E-state index in [1.54, 1.807) is 12.3 Å². The van der Waals surface area contributed by atoms with Gasteiger partial charge in [-0.25, -0.2) is 0 Å². The Morgan fingerprint density at radius 2 is 1.94 bits per heavy atom. The number of aromatic nitrogens is 1. The second-order valence-corrected chi connectivity index (χ2v) is 8.72. The van der Waals surface area contributed by atoms with E-state index in [2.05, 4.69) is 15.2 Å². The Hall–Kier alpha value is -3.26. The van der Waals surface area contributed by atoms with Crippen molar-refractivity contribution in [1.82, 2.24) is 15.2 Å². The molecule has 2 atom stereocenters. The van der Waals surface area contributed by atoms with E-state index in [4.69, 9.17) is 16.6 Å². The summed E-state index contributed by atoms with van der Waals surface area (Å²) in [5, 5.41) is 15.4. The lowest BCUT2D eigenvalue weighted by Crippen LogP contribution is -2.40. The molecule has 5 rings (SSSR count). The van der Waals surface area contributed by atoms with E-state index < -0.39 is 4.92 Å². The lowest BCUT2D eigenvalue weighted by Gasteiger charge is -2.36. The van der Waals surface area contributed by atoms with Crippen LogP contribution in [-0.2, 0) is 0 Å². The summed E-state index contributed by atoms with van der Waals surface area (Å²) in [6.07, 6.45) is 7.65. The summed E-state index contributed by atoms with van der Waals surface area (Å²) < 4.78 is 6.32. The smallest absolute Gasteiger partial charge is 0.270 e. The predicted molar refractivity (Wildman–Crippen MR) is 125 cm³/mol. The van der Waals surface area contributed by atoms with Gasteiger partial charge in [-0.2, -0.15) is 0 Å². The molecule has 1 aromatic carbocycles. The lowest BCUT2D eigenvalue weighted by molar-refractivity contribution is -0.384. The van der Waals surface area contributed by atoms with Gasteiger partial charge in [-0.1, -0.05) is 37.5 Å². The fraction of sp³-hybridized carbons (Fsp3) is 0.333. The molecule has 0 bridgehead atoms. The minimum Gasteiger partial charge on any atom is -0.459 e. The van der Waals surface area contributed by atoms with Crippen LogP contribution in [0.5, 0.6) is 0 Å². The largest absolute Gasteiger partial charge is 0.459 e. The summed E-state index contributed by atoms with van der Waals surface area (Å²) >= 11 is 5.79. The van der Waals surface area contributed by atoms with Crippen LogP contribution in [-0.4, -0.2) is 26.0 Å². The zero-order valence-corrected chi connectivity index (χ0v) is 18.3. The summed E-state index contributed by atoms with van der Waals surface area (Å²) in [6, 6.07) is 16.3. The van der Waals surface area contributed by atoms with Gasteiger partial charge in [0.05, 0.1) is 16.7 Å². The molecule has 1 aliphatic carbocycles. The van der Waals surface area contributed by atoms with Crippen molar-refractivity contribution in [2.45, 2.75) is 50.2 Å². The second kappa shape index (κ2) is 8.70. The normalized spacial score (nSPS) is 21.5. The molecular weight excluding hydrogens is 424 g/mol. The topological polar surface area (TPSA) is 84.4 Å². The standard InChI is InChI=1S/C24H24N4O3S/c29-28(30)18-10-6-7-16(15-18)20-12-13-21(31-20)23-22(19-11-4-5-14-25-19)26-24(32)27(23)17-8-2-1-3-9-17/h4-7,10-15,17,22-23H,1-3,8-9H2,(H,26,32)/t22-,23-/m1/s1. The van der Waals surface area contributed by atoms with Crippen molar-refractivity contribution in [1.29, 1.82) is 0 Å². The molecule has 8 heteroatoms. The molecule has 1 saturated carbocycles. The van der Waals surface area contributed by atoms with Crippen molar-refractivity contribution in [3.05, 3.63) is 82.4 Å². The number of non-ortho nitro benzene ring substituents is 1. The minimum atomic E-state index is -0.394. The van der Waals surface area contributed by atoms with Gasteiger partial charge in [0, 0.05) is 29.9 Å². The summed E-state index contributed by atoms with van der Waals surface area (Å²) in [4.78, 5) is 17.7. The third-order valence-electron chi connectivity index (χ3n) is 6.36. The number of pyridine rings is 1. The van der Waals surface area contributed by atoms with Crippen LogP contribution in [0.4, 0.5) is 5.69 Å². The van der Waals surface area contributed by atoms with Crippen LogP contribution in [0.2, 0.25) is 0 Å². The monoisotopic (exact) mass is 448 g/mol. The number of hydrogen-bond acceptors (Lipinski definition) is 5. The van der Waals surface area contributed by atoms with Crippen LogP contribution in [0, 0.1) is 10.1 Å². The van der Waals surface area contributed by atoms with Crippen molar-refractivity contribution in [3.8, 4) is 11.3 Å².